The fraction of sp³-hybridized carbons (Fsp3) is 0.0909. The first kappa shape index (κ1) is 16.1. The Kier molecular flexibility index (Phi) is 3.81. The molecule has 0 atom stereocenters. The van der Waals surface area contributed by atoms with Crippen molar-refractivity contribution in [2.75, 3.05) is 0 Å². The lowest BCUT2D eigenvalue weighted by molar-refractivity contribution is 0.0915. The van der Waals surface area contributed by atoms with Crippen LogP contribution in [0.1, 0.15) is 17.3 Å². The Morgan fingerprint density at radius 1 is 0.885 bits per heavy atom. The topological polar surface area (TPSA) is 44.0 Å². The van der Waals surface area contributed by atoms with Gasteiger partial charge in [-0.2, -0.15) is 0 Å². The van der Waals surface area contributed by atoms with Gasteiger partial charge in [0.15, 0.2) is 0 Å². The van der Waals surface area contributed by atoms with Crippen LogP contribution in [0.15, 0.2) is 78.1 Å². The Bertz CT molecular complexity index is 1230. The summed E-state index contributed by atoms with van der Waals surface area (Å²) in [6.07, 6.45) is 0.162. The number of rotatable bonds is 3. The smallest absolute Gasteiger partial charge is 0.274 e. The van der Waals surface area contributed by atoms with Gasteiger partial charge < -0.3 is 0 Å². The summed E-state index contributed by atoms with van der Waals surface area (Å²) in [4.78, 5) is 25.8. The summed E-state index contributed by atoms with van der Waals surface area (Å²) in [5.41, 5.74) is 2.39. The molecule has 4 nitrogen and oxygen atoms in total. The van der Waals surface area contributed by atoms with Crippen molar-refractivity contribution < 1.29 is 4.79 Å². The highest BCUT2D eigenvalue weighted by molar-refractivity contribution is 5.93. The number of fused-ring (bicyclic) bond motifs is 2. The summed E-state index contributed by atoms with van der Waals surface area (Å²) in [5, 5.41) is 2.20. The molecule has 26 heavy (non-hydrogen) atoms. The van der Waals surface area contributed by atoms with Crippen LogP contribution in [0.5, 0.6) is 0 Å². The van der Waals surface area contributed by atoms with E-state index in [9.17, 15) is 9.59 Å². The minimum atomic E-state index is -0.371. The number of hydrogen-bond acceptors (Lipinski definition) is 2. The lowest BCUT2D eigenvalue weighted by Gasteiger charge is -2.05. The molecule has 0 spiro atoms. The van der Waals surface area contributed by atoms with Crippen LogP contribution in [0.25, 0.3) is 27.5 Å². The molecule has 0 N–H and O–H groups in total. The molecule has 3 aromatic carbocycles. The first-order valence-corrected chi connectivity index (χ1v) is 8.45. The van der Waals surface area contributed by atoms with Gasteiger partial charge in [-0.1, -0.05) is 61.2 Å². The highest BCUT2D eigenvalue weighted by Gasteiger charge is 2.18. The molecular formula is C22H18N2O2. The molecular weight excluding hydrogens is 324 g/mol. The van der Waals surface area contributed by atoms with E-state index in [-0.39, 0.29) is 18.0 Å². The van der Waals surface area contributed by atoms with Crippen molar-refractivity contribution in [3.63, 3.8) is 0 Å². The zero-order chi connectivity index (χ0) is 18.3. The quantitative estimate of drug-likeness (QED) is 0.556. The Balaban J connectivity index is 1.80. The van der Waals surface area contributed by atoms with Crippen LogP contribution >= 0.6 is 0 Å². The third-order valence-corrected chi connectivity index (χ3v) is 4.55. The number of allylic oxidation sites excluding steroid dienone is 1. The largest absolute Gasteiger partial charge is 0.340 e. The van der Waals surface area contributed by atoms with Crippen molar-refractivity contribution in [3.8, 4) is 0 Å². The van der Waals surface area contributed by atoms with E-state index in [4.69, 9.17) is 0 Å². The maximum atomic E-state index is 12.9. The fourth-order valence-corrected chi connectivity index (χ4v) is 3.36. The number of aromatic nitrogens is 2. The van der Waals surface area contributed by atoms with Crippen molar-refractivity contribution in [3.05, 3.63) is 89.4 Å². The molecule has 0 saturated carbocycles. The lowest BCUT2D eigenvalue weighted by atomic mass is 10.0. The lowest BCUT2D eigenvalue weighted by Crippen LogP contribution is -2.29. The standard InChI is InChI=1S/C22H18N2O2/c1-15(2)23-19-9-5-6-10-20(19)24(22(23)26)21(25)14-16-11-12-17-7-3-4-8-18(17)13-16/h3-13H,1,14H2,2H3. The monoisotopic (exact) mass is 342 g/mol. The number of benzene rings is 3. The van der Waals surface area contributed by atoms with Crippen molar-refractivity contribution in [1.29, 1.82) is 0 Å². The van der Waals surface area contributed by atoms with Gasteiger partial charge in [-0.15, -0.1) is 0 Å². The average molecular weight is 342 g/mol. The predicted octanol–water partition coefficient (Wildman–Crippen LogP) is 4.33. The van der Waals surface area contributed by atoms with Crippen LogP contribution in [0.2, 0.25) is 0 Å². The van der Waals surface area contributed by atoms with Crippen LogP contribution in [0, 0.1) is 0 Å². The average Bonchev–Trinajstić information content (AvgIpc) is 2.93. The predicted molar refractivity (Wildman–Crippen MR) is 105 cm³/mol. The van der Waals surface area contributed by atoms with E-state index in [1.165, 1.54) is 9.13 Å². The van der Waals surface area contributed by atoms with E-state index >= 15 is 0 Å². The van der Waals surface area contributed by atoms with Crippen LogP contribution in [0.3, 0.4) is 0 Å². The number of para-hydroxylation sites is 2. The second kappa shape index (κ2) is 6.15. The summed E-state index contributed by atoms with van der Waals surface area (Å²) in [5.74, 6) is -0.249. The minimum Gasteiger partial charge on any atom is -0.274 e. The van der Waals surface area contributed by atoms with E-state index in [1.807, 2.05) is 60.7 Å². The Labute approximate surface area is 150 Å². The van der Waals surface area contributed by atoms with Gasteiger partial charge in [0, 0.05) is 5.70 Å². The van der Waals surface area contributed by atoms with Crippen molar-refractivity contribution in [2.24, 2.45) is 0 Å². The molecule has 0 bridgehead atoms. The van der Waals surface area contributed by atoms with Gasteiger partial charge in [-0.3, -0.25) is 9.36 Å². The van der Waals surface area contributed by atoms with Crippen LogP contribution in [0.4, 0.5) is 0 Å². The number of carbonyl (C=O) groups is 1. The Morgan fingerprint density at radius 3 is 2.19 bits per heavy atom. The molecule has 0 fully saturated rings. The van der Waals surface area contributed by atoms with Gasteiger partial charge >= 0.3 is 5.69 Å². The van der Waals surface area contributed by atoms with E-state index in [0.29, 0.717) is 16.7 Å². The zero-order valence-corrected chi connectivity index (χ0v) is 14.5. The molecule has 0 radical (unpaired) electrons. The van der Waals surface area contributed by atoms with Gasteiger partial charge in [0.1, 0.15) is 0 Å². The van der Waals surface area contributed by atoms with Crippen molar-refractivity contribution in [1.82, 2.24) is 9.13 Å². The molecule has 1 aromatic heterocycles. The second-order valence-corrected chi connectivity index (χ2v) is 6.43. The summed E-state index contributed by atoms with van der Waals surface area (Å²) < 4.78 is 2.73. The summed E-state index contributed by atoms with van der Waals surface area (Å²) in [6.45, 7) is 5.62. The van der Waals surface area contributed by atoms with Gasteiger partial charge in [0.2, 0.25) is 5.91 Å². The molecule has 0 saturated heterocycles. The first-order valence-electron chi connectivity index (χ1n) is 8.45. The minimum absolute atomic E-state index is 0.162. The summed E-state index contributed by atoms with van der Waals surface area (Å²) >= 11 is 0. The number of nitrogens with zero attached hydrogens (tertiary/aromatic N) is 2. The van der Waals surface area contributed by atoms with E-state index in [1.54, 1.807) is 13.0 Å². The second-order valence-electron chi connectivity index (χ2n) is 6.43. The van der Waals surface area contributed by atoms with Crippen molar-refractivity contribution in [2.45, 2.75) is 13.3 Å². The van der Waals surface area contributed by atoms with Gasteiger partial charge in [0.25, 0.3) is 0 Å². The first-order chi connectivity index (χ1) is 12.6. The van der Waals surface area contributed by atoms with Gasteiger partial charge in [-0.05, 0) is 35.4 Å². The SMILES string of the molecule is C=C(C)n1c(=O)n(C(=O)Cc2ccc3ccccc3c2)c2ccccc21. The fourth-order valence-electron chi connectivity index (χ4n) is 3.36. The molecule has 0 amide bonds. The molecule has 4 heteroatoms. The van der Waals surface area contributed by atoms with E-state index < -0.39 is 0 Å². The summed E-state index contributed by atoms with van der Waals surface area (Å²) in [7, 11) is 0. The molecule has 1 heterocycles. The van der Waals surface area contributed by atoms with E-state index in [2.05, 4.69) is 6.58 Å². The third-order valence-electron chi connectivity index (χ3n) is 4.55. The highest BCUT2D eigenvalue weighted by Crippen LogP contribution is 2.19. The number of carbonyl (C=O) groups excluding carboxylic acids is 1. The molecule has 4 rings (SSSR count). The molecule has 0 aliphatic carbocycles. The number of hydrogen-bond donors (Lipinski definition) is 0. The maximum absolute atomic E-state index is 12.9. The molecule has 0 aliphatic rings. The van der Waals surface area contributed by atoms with Crippen molar-refractivity contribution >= 4 is 33.4 Å². The maximum Gasteiger partial charge on any atom is 0.340 e. The van der Waals surface area contributed by atoms with Crippen LogP contribution < -0.4 is 5.69 Å². The highest BCUT2D eigenvalue weighted by atomic mass is 16.2. The van der Waals surface area contributed by atoms with Crippen LogP contribution in [-0.2, 0) is 6.42 Å². The molecule has 4 aromatic rings. The number of imidazole rings is 1. The normalized spacial score (nSPS) is 11.1. The molecule has 0 aliphatic heterocycles. The molecule has 128 valence electrons. The van der Waals surface area contributed by atoms with Gasteiger partial charge in [-0.25, -0.2) is 9.36 Å². The van der Waals surface area contributed by atoms with Crippen LogP contribution in [-0.4, -0.2) is 15.0 Å². The van der Waals surface area contributed by atoms with Gasteiger partial charge in [0.05, 0.1) is 17.5 Å². The Hall–Kier alpha value is -3.40. The van der Waals surface area contributed by atoms with E-state index in [0.717, 1.165) is 16.3 Å². The third kappa shape index (κ3) is 2.56. The Morgan fingerprint density at radius 2 is 1.50 bits per heavy atom. The summed E-state index contributed by atoms with van der Waals surface area (Å²) in [6, 6.07) is 21.2. The molecule has 0 unspecified atom stereocenters. The zero-order valence-electron chi connectivity index (χ0n) is 14.5.